The molecule has 2 aliphatic rings. The molecule has 1 aromatic carbocycles. The Morgan fingerprint density at radius 1 is 1.28 bits per heavy atom. The van der Waals surface area contributed by atoms with Crippen LogP contribution in [-0.4, -0.2) is 28.9 Å². The maximum absolute atomic E-state index is 13.1. The van der Waals surface area contributed by atoms with Gasteiger partial charge in [0.1, 0.15) is 16.7 Å². The van der Waals surface area contributed by atoms with Crippen molar-refractivity contribution in [3.8, 4) is 0 Å². The second-order valence-corrected chi connectivity index (χ2v) is 9.49. The van der Waals surface area contributed by atoms with E-state index in [0.29, 0.717) is 17.9 Å². The molecule has 2 atom stereocenters. The summed E-state index contributed by atoms with van der Waals surface area (Å²) in [6.45, 7) is 6.06. The monoisotopic (exact) mass is 411 g/mol. The SMILES string of the molecule is CC(C)(C)OC(=O)C1=CC(C(N)=O)(c2cccs2)C2c3cc(N)ccc3CCN12. The van der Waals surface area contributed by atoms with Crippen LogP contribution in [0.1, 0.15) is 42.8 Å². The average Bonchev–Trinajstić information content (AvgIpc) is 3.26. The van der Waals surface area contributed by atoms with E-state index >= 15 is 0 Å². The molecule has 7 heteroatoms. The van der Waals surface area contributed by atoms with Crippen molar-refractivity contribution in [1.29, 1.82) is 0 Å². The normalized spacial score (nSPS) is 23.2. The predicted molar refractivity (Wildman–Crippen MR) is 113 cm³/mol. The minimum absolute atomic E-state index is 0.380. The lowest BCUT2D eigenvalue weighted by molar-refractivity contribution is -0.152. The van der Waals surface area contributed by atoms with Crippen LogP contribution in [0.2, 0.25) is 0 Å². The lowest BCUT2D eigenvalue weighted by Gasteiger charge is -2.41. The van der Waals surface area contributed by atoms with Crippen LogP contribution in [0, 0.1) is 0 Å². The first-order valence-electron chi connectivity index (χ1n) is 9.58. The number of amides is 1. The van der Waals surface area contributed by atoms with Crippen LogP contribution in [-0.2, 0) is 26.2 Å². The number of rotatable bonds is 3. The Labute approximate surface area is 174 Å². The molecule has 2 unspecified atom stereocenters. The van der Waals surface area contributed by atoms with Gasteiger partial charge >= 0.3 is 5.97 Å². The quantitative estimate of drug-likeness (QED) is 0.598. The van der Waals surface area contributed by atoms with Crippen molar-refractivity contribution in [3.05, 3.63) is 63.5 Å². The fourth-order valence-electron chi connectivity index (χ4n) is 4.32. The average molecular weight is 412 g/mol. The van der Waals surface area contributed by atoms with Gasteiger partial charge in [0.25, 0.3) is 0 Å². The highest BCUT2D eigenvalue weighted by Crippen LogP contribution is 2.53. The van der Waals surface area contributed by atoms with Crippen LogP contribution in [0.4, 0.5) is 5.69 Å². The van der Waals surface area contributed by atoms with E-state index in [9.17, 15) is 9.59 Å². The summed E-state index contributed by atoms with van der Waals surface area (Å²) in [4.78, 5) is 28.8. The number of carbonyl (C=O) groups is 2. The van der Waals surface area contributed by atoms with Gasteiger partial charge in [-0.2, -0.15) is 0 Å². The Bertz CT molecular complexity index is 1010. The third kappa shape index (κ3) is 3.09. The Morgan fingerprint density at radius 3 is 2.66 bits per heavy atom. The molecule has 152 valence electrons. The first-order valence-corrected chi connectivity index (χ1v) is 10.5. The van der Waals surface area contributed by atoms with E-state index < -0.39 is 28.9 Å². The number of nitrogens with zero attached hydrogens (tertiary/aromatic N) is 1. The molecule has 0 aliphatic carbocycles. The Hall–Kier alpha value is -2.80. The van der Waals surface area contributed by atoms with Crippen LogP contribution in [0.25, 0.3) is 0 Å². The number of ether oxygens (including phenoxy) is 1. The fourth-order valence-corrected chi connectivity index (χ4v) is 5.24. The first kappa shape index (κ1) is 19.5. The molecule has 6 nitrogen and oxygen atoms in total. The van der Waals surface area contributed by atoms with E-state index in [1.807, 2.05) is 61.4 Å². The van der Waals surface area contributed by atoms with Gasteiger partial charge in [0.15, 0.2) is 0 Å². The number of nitrogen functional groups attached to an aromatic ring is 1. The molecule has 2 aromatic rings. The van der Waals surface area contributed by atoms with Crippen molar-refractivity contribution in [2.75, 3.05) is 12.3 Å². The van der Waals surface area contributed by atoms with E-state index in [0.717, 1.165) is 22.4 Å². The van der Waals surface area contributed by atoms with E-state index in [-0.39, 0.29) is 0 Å². The molecule has 1 aromatic heterocycles. The van der Waals surface area contributed by atoms with Gasteiger partial charge in [-0.25, -0.2) is 4.79 Å². The molecule has 1 amide bonds. The summed E-state index contributed by atoms with van der Waals surface area (Å²) >= 11 is 1.45. The van der Waals surface area contributed by atoms with Gasteiger partial charge in [-0.05, 0) is 68.0 Å². The number of primary amides is 1. The zero-order chi connectivity index (χ0) is 21.0. The topological polar surface area (TPSA) is 98.6 Å². The molecule has 4 rings (SSSR count). The van der Waals surface area contributed by atoms with Crippen LogP contribution in [0.5, 0.6) is 0 Å². The highest BCUT2D eigenvalue weighted by Gasteiger charge is 2.56. The second-order valence-electron chi connectivity index (χ2n) is 8.55. The summed E-state index contributed by atoms with van der Waals surface area (Å²) in [6.07, 6.45) is 2.45. The van der Waals surface area contributed by atoms with Crippen LogP contribution < -0.4 is 11.5 Å². The summed E-state index contributed by atoms with van der Waals surface area (Å²) in [5, 5.41) is 1.91. The largest absolute Gasteiger partial charge is 0.455 e. The van der Waals surface area contributed by atoms with E-state index in [2.05, 4.69) is 0 Å². The van der Waals surface area contributed by atoms with Crippen LogP contribution >= 0.6 is 11.3 Å². The van der Waals surface area contributed by atoms with Crippen LogP contribution in [0.15, 0.2) is 47.5 Å². The molecule has 0 spiro atoms. The van der Waals surface area contributed by atoms with Gasteiger partial charge in [-0.1, -0.05) is 12.1 Å². The highest BCUT2D eigenvalue weighted by atomic mass is 32.1. The molecule has 0 saturated heterocycles. The predicted octanol–water partition coefficient (Wildman–Crippen LogP) is 2.89. The number of thiophene rings is 1. The Balaban J connectivity index is 1.94. The third-order valence-corrected chi connectivity index (χ3v) is 6.47. The summed E-state index contributed by atoms with van der Waals surface area (Å²) in [6, 6.07) is 9.09. The standard InChI is InChI=1S/C22H25N3O3S/c1-21(2,3)28-19(26)16-12-22(20(24)27,17-5-4-10-29-17)18-15-11-14(23)7-6-13(15)8-9-25(16)18/h4-7,10-12,18H,8-9,23H2,1-3H3,(H2,24,27). The summed E-state index contributed by atoms with van der Waals surface area (Å²) in [5.41, 5.74) is 13.3. The van der Waals surface area contributed by atoms with Gasteiger partial charge < -0.3 is 21.1 Å². The van der Waals surface area contributed by atoms with Gasteiger partial charge in [-0.3, -0.25) is 4.79 Å². The summed E-state index contributed by atoms with van der Waals surface area (Å²) < 4.78 is 5.65. The second kappa shape index (κ2) is 6.62. The number of hydrogen-bond acceptors (Lipinski definition) is 6. The minimum atomic E-state index is -1.16. The van der Waals surface area contributed by atoms with Crippen molar-refractivity contribution in [1.82, 2.24) is 4.90 Å². The van der Waals surface area contributed by atoms with Crippen LogP contribution in [0.3, 0.4) is 0 Å². The van der Waals surface area contributed by atoms with E-state index in [4.69, 9.17) is 16.2 Å². The van der Waals surface area contributed by atoms with Crippen molar-refractivity contribution in [2.45, 2.75) is 44.2 Å². The molecule has 0 saturated carbocycles. The molecule has 0 bridgehead atoms. The number of carbonyl (C=O) groups excluding carboxylic acids is 2. The van der Waals surface area contributed by atoms with Crippen molar-refractivity contribution in [2.24, 2.45) is 5.73 Å². The first-order chi connectivity index (χ1) is 13.6. The number of esters is 1. The minimum Gasteiger partial charge on any atom is -0.455 e. The number of benzene rings is 1. The van der Waals surface area contributed by atoms with Gasteiger partial charge in [0, 0.05) is 17.1 Å². The van der Waals surface area contributed by atoms with E-state index in [1.54, 1.807) is 6.08 Å². The summed E-state index contributed by atoms with van der Waals surface area (Å²) in [5.74, 6) is -0.946. The number of anilines is 1. The highest BCUT2D eigenvalue weighted by molar-refractivity contribution is 7.10. The Kier molecular flexibility index (Phi) is 4.46. The smallest absolute Gasteiger partial charge is 0.354 e. The zero-order valence-corrected chi connectivity index (χ0v) is 17.6. The molecule has 2 aliphatic heterocycles. The summed E-state index contributed by atoms with van der Waals surface area (Å²) in [7, 11) is 0. The molecule has 4 N–H and O–H groups in total. The molecule has 0 radical (unpaired) electrons. The fraction of sp³-hybridized carbons (Fsp3) is 0.364. The van der Waals surface area contributed by atoms with E-state index in [1.165, 1.54) is 11.3 Å². The maximum atomic E-state index is 13.1. The van der Waals surface area contributed by atoms with Gasteiger partial charge in [-0.15, -0.1) is 11.3 Å². The maximum Gasteiger partial charge on any atom is 0.354 e. The molecular formula is C22H25N3O3S. The van der Waals surface area contributed by atoms with Crippen molar-refractivity contribution < 1.29 is 14.3 Å². The number of fused-ring (bicyclic) bond motifs is 3. The van der Waals surface area contributed by atoms with Gasteiger partial charge in [0.2, 0.25) is 5.91 Å². The molecule has 3 heterocycles. The zero-order valence-electron chi connectivity index (χ0n) is 16.8. The molecular weight excluding hydrogens is 386 g/mol. The Morgan fingerprint density at radius 2 is 2.03 bits per heavy atom. The number of nitrogens with two attached hydrogens (primary N) is 2. The lowest BCUT2D eigenvalue weighted by Crippen LogP contribution is -2.48. The van der Waals surface area contributed by atoms with Crippen molar-refractivity contribution in [3.63, 3.8) is 0 Å². The molecule has 0 fully saturated rings. The lowest BCUT2D eigenvalue weighted by atomic mass is 9.73. The third-order valence-electron chi connectivity index (χ3n) is 5.45. The molecule has 29 heavy (non-hydrogen) atoms. The van der Waals surface area contributed by atoms with Crippen molar-refractivity contribution >= 4 is 28.9 Å². The van der Waals surface area contributed by atoms with Gasteiger partial charge in [0.05, 0.1) is 6.04 Å². The number of hydrogen-bond donors (Lipinski definition) is 2.